The number of rotatable bonds is 3. The van der Waals surface area contributed by atoms with Gasteiger partial charge >= 0.3 is 5.97 Å². The number of ether oxygens (including phenoxy) is 1. The third-order valence-corrected chi connectivity index (χ3v) is 3.62. The molecule has 3 heteroatoms. The van der Waals surface area contributed by atoms with E-state index < -0.39 is 11.5 Å². The molecule has 2 unspecified atom stereocenters. The highest BCUT2D eigenvalue weighted by Gasteiger charge is 2.56. The molecule has 0 amide bonds. The van der Waals surface area contributed by atoms with Gasteiger partial charge in [-0.2, -0.15) is 0 Å². The summed E-state index contributed by atoms with van der Waals surface area (Å²) in [6, 6.07) is 0. The SMILES string of the molecule is COC(=O)C(C)C(C)(O)C1(C)CC1. The molecule has 13 heavy (non-hydrogen) atoms. The average molecular weight is 186 g/mol. The van der Waals surface area contributed by atoms with Gasteiger partial charge in [0.05, 0.1) is 18.6 Å². The summed E-state index contributed by atoms with van der Waals surface area (Å²) in [5.74, 6) is -0.789. The maximum absolute atomic E-state index is 11.3. The van der Waals surface area contributed by atoms with Crippen molar-refractivity contribution in [1.29, 1.82) is 0 Å². The summed E-state index contributed by atoms with van der Waals surface area (Å²) in [6.07, 6.45) is 1.97. The average Bonchev–Trinajstić information content (AvgIpc) is 2.82. The molecule has 1 rings (SSSR count). The van der Waals surface area contributed by atoms with Crippen LogP contribution in [0.3, 0.4) is 0 Å². The summed E-state index contributed by atoms with van der Waals surface area (Å²) in [6.45, 7) is 5.45. The molecule has 0 heterocycles. The van der Waals surface area contributed by atoms with Gasteiger partial charge in [-0.25, -0.2) is 0 Å². The first kappa shape index (κ1) is 10.5. The van der Waals surface area contributed by atoms with Crippen LogP contribution in [-0.2, 0) is 9.53 Å². The van der Waals surface area contributed by atoms with Crippen molar-refractivity contribution in [2.75, 3.05) is 7.11 Å². The topological polar surface area (TPSA) is 46.5 Å². The maximum Gasteiger partial charge on any atom is 0.311 e. The first-order valence-electron chi connectivity index (χ1n) is 4.65. The Hall–Kier alpha value is -0.570. The monoisotopic (exact) mass is 186 g/mol. The highest BCUT2D eigenvalue weighted by Crippen LogP contribution is 2.56. The predicted molar refractivity (Wildman–Crippen MR) is 49.1 cm³/mol. The maximum atomic E-state index is 11.3. The van der Waals surface area contributed by atoms with Gasteiger partial charge in [0, 0.05) is 0 Å². The Morgan fingerprint density at radius 1 is 1.62 bits per heavy atom. The summed E-state index contributed by atoms with van der Waals surface area (Å²) in [7, 11) is 1.35. The van der Waals surface area contributed by atoms with E-state index in [0.29, 0.717) is 0 Å². The molecule has 76 valence electrons. The van der Waals surface area contributed by atoms with Gasteiger partial charge in [-0.3, -0.25) is 4.79 Å². The molecule has 3 nitrogen and oxygen atoms in total. The summed E-state index contributed by atoms with van der Waals surface area (Å²) < 4.78 is 4.62. The summed E-state index contributed by atoms with van der Waals surface area (Å²) in [4.78, 5) is 11.3. The van der Waals surface area contributed by atoms with Crippen molar-refractivity contribution in [2.45, 2.75) is 39.2 Å². The Kier molecular flexibility index (Phi) is 2.41. The van der Waals surface area contributed by atoms with E-state index in [2.05, 4.69) is 4.74 Å². The third kappa shape index (κ3) is 1.57. The van der Waals surface area contributed by atoms with E-state index in [1.807, 2.05) is 6.92 Å². The van der Waals surface area contributed by atoms with Gasteiger partial charge in [0.25, 0.3) is 0 Å². The minimum Gasteiger partial charge on any atom is -0.469 e. The van der Waals surface area contributed by atoms with Crippen LogP contribution in [0, 0.1) is 11.3 Å². The van der Waals surface area contributed by atoms with Gasteiger partial charge < -0.3 is 9.84 Å². The van der Waals surface area contributed by atoms with Crippen molar-refractivity contribution in [3.05, 3.63) is 0 Å². The molecule has 1 saturated carbocycles. The zero-order valence-electron chi connectivity index (χ0n) is 8.76. The van der Waals surface area contributed by atoms with Crippen LogP contribution in [-0.4, -0.2) is 23.8 Å². The fraction of sp³-hybridized carbons (Fsp3) is 0.900. The van der Waals surface area contributed by atoms with Gasteiger partial charge in [0.15, 0.2) is 0 Å². The minimum absolute atomic E-state index is 0.0966. The number of carbonyl (C=O) groups is 1. The molecule has 0 aromatic rings. The standard InChI is InChI=1S/C10H18O3/c1-7(8(11)13-4)10(3,12)9(2)5-6-9/h7,12H,5-6H2,1-4H3. The van der Waals surface area contributed by atoms with Crippen molar-refractivity contribution in [3.63, 3.8) is 0 Å². The van der Waals surface area contributed by atoms with E-state index >= 15 is 0 Å². The Balaban J connectivity index is 2.74. The van der Waals surface area contributed by atoms with E-state index in [4.69, 9.17) is 0 Å². The lowest BCUT2D eigenvalue weighted by Crippen LogP contribution is -2.45. The van der Waals surface area contributed by atoms with E-state index in [1.54, 1.807) is 13.8 Å². The van der Waals surface area contributed by atoms with Crippen LogP contribution in [0.5, 0.6) is 0 Å². The predicted octanol–water partition coefficient (Wildman–Crippen LogP) is 1.35. The molecular formula is C10H18O3. The first-order chi connectivity index (χ1) is 5.85. The molecular weight excluding hydrogens is 168 g/mol. The second-order valence-electron chi connectivity index (χ2n) is 4.45. The quantitative estimate of drug-likeness (QED) is 0.677. The molecule has 0 aromatic carbocycles. The normalized spacial score (nSPS) is 25.9. The number of carbonyl (C=O) groups excluding carboxylic acids is 1. The number of methoxy groups -OCH3 is 1. The fourth-order valence-corrected chi connectivity index (χ4v) is 1.62. The minimum atomic E-state index is -0.944. The molecule has 0 bridgehead atoms. The van der Waals surface area contributed by atoms with Gasteiger partial charge in [-0.1, -0.05) is 6.92 Å². The lowest BCUT2D eigenvalue weighted by molar-refractivity contribution is -0.158. The van der Waals surface area contributed by atoms with E-state index in [9.17, 15) is 9.90 Å². The Morgan fingerprint density at radius 3 is 2.38 bits per heavy atom. The summed E-state index contributed by atoms with van der Waals surface area (Å²) in [5, 5.41) is 10.2. The van der Waals surface area contributed by atoms with Crippen molar-refractivity contribution in [1.82, 2.24) is 0 Å². The molecule has 1 aliphatic rings. The second kappa shape index (κ2) is 2.98. The molecule has 0 aromatic heterocycles. The van der Waals surface area contributed by atoms with Crippen molar-refractivity contribution in [3.8, 4) is 0 Å². The molecule has 0 radical (unpaired) electrons. The molecule has 1 fully saturated rings. The van der Waals surface area contributed by atoms with Crippen LogP contribution in [0.4, 0.5) is 0 Å². The van der Waals surface area contributed by atoms with Crippen LogP contribution >= 0.6 is 0 Å². The fourth-order valence-electron chi connectivity index (χ4n) is 1.62. The van der Waals surface area contributed by atoms with E-state index in [-0.39, 0.29) is 11.4 Å². The second-order valence-corrected chi connectivity index (χ2v) is 4.45. The molecule has 1 aliphatic carbocycles. The highest BCUT2D eigenvalue weighted by atomic mass is 16.5. The van der Waals surface area contributed by atoms with Crippen LogP contribution in [0.1, 0.15) is 33.6 Å². The zero-order chi connectivity index (χ0) is 10.3. The third-order valence-electron chi connectivity index (χ3n) is 3.62. The number of aliphatic hydroxyl groups is 1. The van der Waals surface area contributed by atoms with Gasteiger partial charge in [-0.05, 0) is 32.1 Å². The van der Waals surface area contributed by atoms with Crippen LogP contribution in [0.2, 0.25) is 0 Å². The largest absolute Gasteiger partial charge is 0.469 e. The van der Waals surface area contributed by atoms with Gasteiger partial charge in [0.2, 0.25) is 0 Å². The summed E-state index contributed by atoms with van der Waals surface area (Å²) in [5.41, 5.74) is -1.04. The smallest absolute Gasteiger partial charge is 0.311 e. The van der Waals surface area contributed by atoms with Crippen molar-refractivity contribution < 1.29 is 14.6 Å². The Morgan fingerprint density at radius 2 is 2.08 bits per heavy atom. The lowest BCUT2D eigenvalue weighted by Gasteiger charge is -2.34. The van der Waals surface area contributed by atoms with Crippen LogP contribution in [0.25, 0.3) is 0 Å². The summed E-state index contributed by atoms with van der Waals surface area (Å²) >= 11 is 0. The van der Waals surface area contributed by atoms with Crippen LogP contribution < -0.4 is 0 Å². The van der Waals surface area contributed by atoms with E-state index in [0.717, 1.165) is 12.8 Å². The molecule has 1 N–H and O–H groups in total. The number of hydrogen-bond donors (Lipinski definition) is 1. The Bertz CT molecular complexity index is 216. The Labute approximate surface area is 79.1 Å². The molecule has 0 aliphatic heterocycles. The van der Waals surface area contributed by atoms with Crippen molar-refractivity contribution >= 4 is 5.97 Å². The van der Waals surface area contributed by atoms with Gasteiger partial charge in [-0.15, -0.1) is 0 Å². The first-order valence-corrected chi connectivity index (χ1v) is 4.65. The molecule has 0 saturated heterocycles. The van der Waals surface area contributed by atoms with E-state index in [1.165, 1.54) is 7.11 Å². The van der Waals surface area contributed by atoms with Gasteiger partial charge in [0.1, 0.15) is 0 Å². The lowest BCUT2D eigenvalue weighted by atomic mass is 9.77. The molecule has 2 atom stereocenters. The van der Waals surface area contributed by atoms with Crippen molar-refractivity contribution in [2.24, 2.45) is 11.3 Å². The molecule has 0 spiro atoms. The van der Waals surface area contributed by atoms with Crippen LogP contribution in [0.15, 0.2) is 0 Å². The zero-order valence-corrected chi connectivity index (χ0v) is 8.76. The number of hydrogen-bond acceptors (Lipinski definition) is 3. The number of esters is 1. The highest BCUT2D eigenvalue weighted by molar-refractivity contribution is 5.73.